The maximum Gasteiger partial charge on any atom is 0.128 e. The van der Waals surface area contributed by atoms with Crippen molar-refractivity contribution in [2.75, 3.05) is 11.4 Å². The van der Waals surface area contributed by atoms with Gasteiger partial charge in [-0.3, -0.25) is 0 Å². The summed E-state index contributed by atoms with van der Waals surface area (Å²) in [6.45, 7) is 2.58. The molecule has 0 aliphatic carbocycles. The summed E-state index contributed by atoms with van der Waals surface area (Å²) in [7, 11) is 0. The van der Waals surface area contributed by atoms with Gasteiger partial charge in [0.1, 0.15) is 5.82 Å². The predicted molar refractivity (Wildman–Crippen MR) is 70.7 cm³/mol. The van der Waals surface area contributed by atoms with Crippen LogP contribution in [0.5, 0.6) is 0 Å². The first-order valence-corrected chi connectivity index (χ1v) is 6.30. The van der Waals surface area contributed by atoms with E-state index in [0.29, 0.717) is 5.02 Å². The Labute approximate surface area is 110 Å². The lowest BCUT2D eigenvalue weighted by Gasteiger charge is -2.31. The Morgan fingerprint density at radius 3 is 3.06 bits per heavy atom. The summed E-state index contributed by atoms with van der Waals surface area (Å²) in [5.41, 5.74) is 1.90. The molecule has 18 heavy (non-hydrogen) atoms. The first-order chi connectivity index (χ1) is 8.78. The van der Waals surface area contributed by atoms with Crippen molar-refractivity contribution in [3.8, 4) is 0 Å². The molecule has 0 atom stereocenters. The first-order valence-electron chi connectivity index (χ1n) is 5.92. The summed E-state index contributed by atoms with van der Waals surface area (Å²) < 4.78 is 2.15. The van der Waals surface area contributed by atoms with E-state index in [1.54, 1.807) is 0 Å². The topological polar surface area (TPSA) is 41.3 Å². The summed E-state index contributed by atoms with van der Waals surface area (Å²) in [6.07, 6.45) is 3.82. The van der Waals surface area contributed by atoms with Gasteiger partial charge in [0.15, 0.2) is 0 Å². The Morgan fingerprint density at radius 2 is 2.22 bits per heavy atom. The highest BCUT2D eigenvalue weighted by molar-refractivity contribution is 6.30. The number of aliphatic hydroxyl groups excluding tert-OH is 1. The largest absolute Gasteiger partial charge is 0.392 e. The van der Waals surface area contributed by atoms with E-state index in [4.69, 9.17) is 11.6 Å². The lowest BCUT2D eigenvalue weighted by Crippen LogP contribution is -2.34. The molecule has 0 radical (unpaired) electrons. The predicted octanol–water partition coefficient (Wildman–Crippen LogP) is 2.05. The Hall–Kier alpha value is -1.52. The minimum atomic E-state index is 0.0252. The van der Waals surface area contributed by atoms with E-state index in [1.165, 1.54) is 0 Å². The van der Waals surface area contributed by atoms with Crippen molar-refractivity contribution >= 4 is 17.3 Å². The number of fused-ring (bicyclic) bond motifs is 1. The molecule has 0 spiro atoms. The average molecular weight is 264 g/mol. The molecule has 1 aliphatic rings. The molecule has 2 aromatic rings. The van der Waals surface area contributed by atoms with Crippen LogP contribution in [0.15, 0.2) is 30.6 Å². The van der Waals surface area contributed by atoms with E-state index in [1.807, 2.05) is 30.6 Å². The first kappa shape index (κ1) is 11.6. The highest BCUT2D eigenvalue weighted by Crippen LogP contribution is 2.27. The molecule has 0 bridgehead atoms. The number of nitrogens with zero attached hydrogens (tertiary/aromatic N) is 3. The molecule has 1 aromatic carbocycles. The zero-order chi connectivity index (χ0) is 12.5. The van der Waals surface area contributed by atoms with Crippen LogP contribution in [0.25, 0.3) is 0 Å². The Bertz CT molecular complexity index is 567. The van der Waals surface area contributed by atoms with Crippen LogP contribution in [0.1, 0.15) is 11.4 Å². The average Bonchev–Trinajstić information content (AvgIpc) is 2.85. The lowest BCUT2D eigenvalue weighted by molar-refractivity contribution is 0.282. The molecule has 0 saturated heterocycles. The van der Waals surface area contributed by atoms with Crippen LogP contribution >= 0.6 is 11.6 Å². The van der Waals surface area contributed by atoms with Gasteiger partial charge >= 0.3 is 0 Å². The van der Waals surface area contributed by atoms with Crippen LogP contribution in [0.3, 0.4) is 0 Å². The van der Waals surface area contributed by atoms with E-state index < -0.39 is 0 Å². The Morgan fingerprint density at radius 1 is 1.33 bits per heavy atom. The molecule has 0 fully saturated rings. The van der Waals surface area contributed by atoms with Crippen LogP contribution in [-0.4, -0.2) is 21.2 Å². The van der Waals surface area contributed by atoms with Gasteiger partial charge in [0.05, 0.1) is 13.2 Å². The number of anilines is 1. The second kappa shape index (κ2) is 4.63. The molecule has 0 amide bonds. The highest BCUT2D eigenvalue weighted by Gasteiger charge is 2.19. The summed E-state index contributed by atoms with van der Waals surface area (Å²) in [5.74, 6) is 1.05. The number of rotatable bonds is 2. The van der Waals surface area contributed by atoms with Crippen molar-refractivity contribution in [2.45, 2.75) is 19.7 Å². The zero-order valence-electron chi connectivity index (χ0n) is 9.88. The van der Waals surface area contributed by atoms with Gasteiger partial charge in [0.2, 0.25) is 0 Å². The monoisotopic (exact) mass is 263 g/mol. The third-order valence-corrected chi connectivity index (χ3v) is 3.54. The fraction of sp³-hybridized carbons (Fsp3) is 0.308. The van der Waals surface area contributed by atoms with Gasteiger partial charge in [-0.1, -0.05) is 17.7 Å². The number of aliphatic hydroxyl groups is 1. The number of imidazole rings is 1. The smallest absolute Gasteiger partial charge is 0.128 e. The molecule has 0 unspecified atom stereocenters. The van der Waals surface area contributed by atoms with Gasteiger partial charge in [0.25, 0.3) is 0 Å². The summed E-state index contributed by atoms with van der Waals surface area (Å²) >= 11 is 6.04. The summed E-state index contributed by atoms with van der Waals surface area (Å²) in [4.78, 5) is 6.54. The standard InChI is InChI=1S/C13H14ClN3O/c14-11-2-1-10(9-18)12(7-11)17-6-5-16-4-3-15-13(16)8-17/h1-4,7,18H,5-6,8-9H2. The third-order valence-electron chi connectivity index (χ3n) is 3.30. The number of benzene rings is 1. The van der Waals surface area contributed by atoms with Crippen LogP contribution < -0.4 is 4.90 Å². The number of hydrogen-bond donors (Lipinski definition) is 1. The molecule has 0 saturated carbocycles. The second-order valence-electron chi connectivity index (χ2n) is 4.39. The van der Waals surface area contributed by atoms with Crippen molar-refractivity contribution in [2.24, 2.45) is 0 Å². The van der Waals surface area contributed by atoms with Crippen molar-refractivity contribution in [1.29, 1.82) is 0 Å². The van der Waals surface area contributed by atoms with Crippen molar-refractivity contribution in [3.63, 3.8) is 0 Å². The van der Waals surface area contributed by atoms with Gasteiger partial charge in [-0.2, -0.15) is 0 Å². The van der Waals surface area contributed by atoms with Crippen LogP contribution in [-0.2, 0) is 19.7 Å². The third kappa shape index (κ3) is 1.98. The molecule has 3 rings (SSSR count). The normalized spacial score (nSPS) is 14.7. The van der Waals surface area contributed by atoms with E-state index in [9.17, 15) is 5.11 Å². The molecule has 1 aliphatic heterocycles. The summed E-state index contributed by atoms with van der Waals surface area (Å²) in [5, 5.41) is 10.1. The Kier molecular flexibility index (Phi) is 2.97. The molecule has 1 aromatic heterocycles. The number of hydrogen-bond acceptors (Lipinski definition) is 3. The molecular formula is C13H14ClN3O. The molecule has 2 heterocycles. The minimum absolute atomic E-state index is 0.0252. The van der Waals surface area contributed by atoms with Crippen molar-refractivity contribution in [1.82, 2.24) is 9.55 Å². The maximum atomic E-state index is 9.40. The zero-order valence-corrected chi connectivity index (χ0v) is 10.6. The Balaban J connectivity index is 1.94. The van der Waals surface area contributed by atoms with Crippen LogP contribution in [0.2, 0.25) is 5.02 Å². The quantitative estimate of drug-likeness (QED) is 0.902. The van der Waals surface area contributed by atoms with Gasteiger partial charge in [-0.25, -0.2) is 4.98 Å². The van der Waals surface area contributed by atoms with Crippen molar-refractivity contribution < 1.29 is 5.11 Å². The van der Waals surface area contributed by atoms with E-state index in [0.717, 1.165) is 36.7 Å². The fourth-order valence-corrected chi connectivity index (χ4v) is 2.51. The van der Waals surface area contributed by atoms with Crippen LogP contribution in [0.4, 0.5) is 5.69 Å². The minimum Gasteiger partial charge on any atom is -0.392 e. The fourth-order valence-electron chi connectivity index (χ4n) is 2.34. The molecular weight excluding hydrogens is 250 g/mol. The van der Waals surface area contributed by atoms with Gasteiger partial charge in [-0.15, -0.1) is 0 Å². The molecule has 5 heteroatoms. The van der Waals surface area contributed by atoms with Gasteiger partial charge in [-0.05, 0) is 12.1 Å². The van der Waals surface area contributed by atoms with Crippen LogP contribution in [0, 0.1) is 0 Å². The highest BCUT2D eigenvalue weighted by atomic mass is 35.5. The number of halogens is 1. The van der Waals surface area contributed by atoms with Gasteiger partial charge < -0.3 is 14.6 Å². The lowest BCUT2D eigenvalue weighted by atomic mass is 10.1. The second-order valence-corrected chi connectivity index (χ2v) is 4.83. The van der Waals surface area contributed by atoms with Gasteiger partial charge in [0, 0.05) is 41.8 Å². The molecule has 4 nitrogen and oxygen atoms in total. The summed E-state index contributed by atoms with van der Waals surface area (Å²) in [6, 6.07) is 5.59. The maximum absolute atomic E-state index is 9.40. The number of aromatic nitrogens is 2. The van der Waals surface area contributed by atoms with E-state index >= 15 is 0 Å². The van der Waals surface area contributed by atoms with Crippen molar-refractivity contribution in [3.05, 3.63) is 47.0 Å². The molecule has 1 N–H and O–H groups in total. The SMILES string of the molecule is OCc1ccc(Cl)cc1N1CCn2ccnc2C1. The van der Waals surface area contributed by atoms with E-state index in [2.05, 4.69) is 14.5 Å². The van der Waals surface area contributed by atoms with E-state index in [-0.39, 0.29) is 6.61 Å². The molecule has 94 valence electrons.